The highest BCUT2D eigenvalue weighted by atomic mass is 32.2. The molecule has 0 aliphatic carbocycles. The molecule has 122 valence electrons. The summed E-state index contributed by atoms with van der Waals surface area (Å²) in [7, 11) is 0.429. The van der Waals surface area contributed by atoms with Crippen LogP contribution in [0.1, 0.15) is 45.1 Å². The second-order valence-electron chi connectivity index (χ2n) is 6.37. The van der Waals surface area contributed by atoms with Gasteiger partial charge in [0, 0.05) is 37.1 Å². The zero-order chi connectivity index (χ0) is 16.2. The molecule has 0 atom stereocenters. The van der Waals surface area contributed by atoms with Crippen LogP contribution in [0, 0.1) is 6.92 Å². The van der Waals surface area contributed by atoms with Gasteiger partial charge in [0.05, 0.1) is 0 Å². The molecule has 1 aromatic heterocycles. The molecule has 0 unspecified atom stereocenters. The summed E-state index contributed by atoms with van der Waals surface area (Å²) in [6, 6.07) is 14.1. The lowest BCUT2D eigenvalue weighted by Crippen LogP contribution is -2.12. The molecule has 0 spiro atoms. The van der Waals surface area contributed by atoms with Gasteiger partial charge in [0.15, 0.2) is 4.90 Å². The summed E-state index contributed by atoms with van der Waals surface area (Å²) in [6.45, 7) is 6.80. The molecule has 0 fully saturated rings. The van der Waals surface area contributed by atoms with Gasteiger partial charge in [-0.05, 0) is 44.0 Å². The van der Waals surface area contributed by atoms with Crippen LogP contribution in [-0.4, -0.2) is 11.5 Å². The van der Waals surface area contributed by atoms with Crippen LogP contribution in [0.2, 0.25) is 0 Å². The van der Waals surface area contributed by atoms with Crippen molar-refractivity contribution in [1.29, 1.82) is 0 Å². The standard InChI is InChI=1S/C21H27S2/c1-4-6-12-23(13-7-5-2)17-9-11-21-19(15-17)18-14-16(3)8-10-20(18)22-21/h8-11,14-15H,4-7,12-13H2,1-3H3/q+1. The third kappa shape index (κ3) is 3.75. The Balaban J connectivity index is 2.01. The molecule has 3 rings (SSSR count). The fourth-order valence-corrected chi connectivity index (χ4v) is 6.59. The van der Waals surface area contributed by atoms with E-state index in [-0.39, 0.29) is 0 Å². The van der Waals surface area contributed by atoms with Crippen LogP contribution < -0.4 is 0 Å². The van der Waals surface area contributed by atoms with Crippen molar-refractivity contribution in [2.24, 2.45) is 0 Å². The fourth-order valence-electron chi connectivity index (χ4n) is 3.02. The summed E-state index contributed by atoms with van der Waals surface area (Å²) >= 11 is 1.93. The van der Waals surface area contributed by atoms with E-state index in [1.165, 1.54) is 62.9 Å². The maximum absolute atomic E-state index is 2.50. The smallest absolute Gasteiger partial charge is 0.135 e. The first-order valence-corrected chi connectivity index (χ1v) is 11.2. The van der Waals surface area contributed by atoms with Crippen LogP contribution in [0.5, 0.6) is 0 Å². The topological polar surface area (TPSA) is 0 Å². The second-order valence-corrected chi connectivity index (χ2v) is 9.73. The molecule has 0 nitrogen and oxygen atoms in total. The zero-order valence-electron chi connectivity index (χ0n) is 14.5. The number of hydrogen-bond acceptors (Lipinski definition) is 1. The molecule has 0 aliphatic heterocycles. The number of rotatable bonds is 7. The van der Waals surface area contributed by atoms with E-state index in [1.54, 1.807) is 4.90 Å². The molecule has 2 heteroatoms. The predicted molar refractivity (Wildman–Crippen MR) is 109 cm³/mol. The Hall–Kier alpha value is -0.990. The number of thiophene rings is 1. The maximum atomic E-state index is 2.50. The highest BCUT2D eigenvalue weighted by Crippen LogP contribution is 2.36. The SMILES string of the molecule is CCCC[S+](CCCC)c1ccc2sc3ccc(C)cc3c2c1. The van der Waals surface area contributed by atoms with Crippen molar-refractivity contribution in [3.05, 3.63) is 42.0 Å². The Morgan fingerprint density at radius 1 is 0.826 bits per heavy atom. The van der Waals surface area contributed by atoms with Crippen LogP contribution in [0.25, 0.3) is 20.2 Å². The van der Waals surface area contributed by atoms with Crippen molar-refractivity contribution >= 4 is 42.4 Å². The molecular formula is C21H27S2+. The van der Waals surface area contributed by atoms with Gasteiger partial charge in [0.2, 0.25) is 0 Å². The first-order chi connectivity index (χ1) is 11.2. The Bertz CT molecular complexity index is 777. The van der Waals surface area contributed by atoms with E-state index in [2.05, 4.69) is 57.2 Å². The Kier molecular flexibility index (Phi) is 5.66. The van der Waals surface area contributed by atoms with Gasteiger partial charge in [-0.1, -0.05) is 38.3 Å². The molecular weight excluding hydrogens is 316 g/mol. The molecule has 0 N–H and O–H groups in total. The van der Waals surface area contributed by atoms with E-state index in [9.17, 15) is 0 Å². The quantitative estimate of drug-likeness (QED) is 0.408. The molecule has 2 aromatic carbocycles. The largest absolute Gasteiger partial charge is 0.155 e. The van der Waals surface area contributed by atoms with E-state index >= 15 is 0 Å². The lowest BCUT2D eigenvalue weighted by Gasteiger charge is -2.08. The summed E-state index contributed by atoms with van der Waals surface area (Å²) in [4.78, 5) is 1.58. The average molecular weight is 344 g/mol. The van der Waals surface area contributed by atoms with Gasteiger partial charge in [-0.3, -0.25) is 0 Å². The van der Waals surface area contributed by atoms with Gasteiger partial charge in [0.1, 0.15) is 11.5 Å². The van der Waals surface area contributed by atoms with Crippen LogP contribution in [0.4, 0.5) is 0 Å². The minimum absolute atomic E-state index is 0.429. The van der Waals surface area contributed by atoms with E-state index in [0.717, 1.165) is 0 Å². The summed E-state index contributed by atoms with van der Waals surface area (Å²) in [5.41, 5.74) is 1.36. The van der Waals surface area contributed by atoms with Crippen molar-refractivity contribution in [3.8, 4) is 0 Å². The molecule has 3 aromatic rings. The van der Waals surface area contributed by atoms with Crippen molar-refractivity contribution in [3.63, 3.8) is 0 Å². The fraction of sp³-hybridized carbons (Fsp3) is 0.429. The zero-order valence-corrected chi connectivity index (χ0v) is 16.2. The molecule has 23 heavy (non-hydrogen) atoms. The lowest BCUT2D eigenvalue weighted by molar-refractivity contribution is 0.871. The molecule has 0 radical (unpaired) electrons. The summed E-state index contributed by atoms with van der Waals surface area (Å²) in [6.07, 6.45) is 5.32. The molecule has 0 bridgehead atoms. The van der Waals surface area contributed by atoms with Gasteiger partial charge < -0.3 is 0 Å². The number of hydrogen-bond donors (Lipinski definition) is 0. The highest BCUT2D eigenvalue weighted by molar-refractivity contribution is 7.96. The van der Waals surface area contributed by atoms with E-state index in [1.807, 2.05) is 11.3 Å². The summed E-state index contributed by atoms with van der Waals surface area (Å²) in [5, 5.41) is 2.91. The van der Waals surface area contributed by atoms with Crippen molar-refractivity contribution in [1.82, 2.24) is 0 Å². The summed E-state index contributed by atoms with van der Waals surface area (Å²) < 4.78 is 2.86. The van der Waals surface area contributed by atoms with E-state index in [4.69, 9.17) is 0 Å². The van der Waals surface area contributed by atoms with Crippen LogP contribution in [0.3, 0.4) is 0 Å². The van der Waals surface area contributed by atoms with Gasteiger partial charge in [-0.15, -0.1) is 11.3 Å². The molecule has 0 saturated carbocycles. The van der Waals surface area contributed by atoms with E-state index < -0.39 is 0 Å². The highest BCUT2D eigenvalue weighted by Gasteiger charge is 2.21. The minimum Gasteiger partial charge on any atom is -0.135 e. The summed E-state index contributed by atoms with van der Waals surface area (Å²) in [5.74, 6) is 2.73. The van der Waals surface area contributed by atoms with Crippen molar-refractivity contribution < 1.29 is 0 Å². The van der Waals surface area contributed by atoms with Crippen molar-refractivity contribution in [2.45, 2.75) is 51.3 Å². The Morgan fingerprint density at radius 2 is 1.43 bits per heavy atom. The van der Waals surface area contributed by atoms with Gasteiger partial charge >= 0.3 is 0 Å². The molecule has 0 aliphatic rings. The third-order valence-electron chi connectivity index (χ3n) is 4.42. The van der Waals surface area contributed by atoms with E-state index in [0.29, 0.717) is 10.9 Å². The molecule has 1 heterocycles. The number of benzene rings is 2. The number of aryl methyl sites for hydroxylation is 1. The second kappa shape index (κ2) is 7.72. The first-order valence-electron chi connectivity index (χ1n) is 8.83. The average Bonchev–Trinajstić information content (AvgIpc) is 2.92. The first kappa shape index (κ1) is 16.9. The monoisotopic (exact) mass is 343 g/mol. The van der Waals surface area contributed by atoms with Crippen molar-refractivity contribution in [2.75, 3.05) is 11.5 Å². The van der Waals surface area contributed by atoms with Crippen LogP contribution in [-0.2, 0) is 10.9 Å². The van der Waals surface area contributed by atoms with Crippen LogP contribution >= 0.6 is 11.3 Å². The number of unbranched alkanes of at least 4 members (excludes halogenated alkanes) is 2. The third-order valence-corrected chi connectivity index (χ3v) is 8.05. The Labute approximate surface area is 147 Å². The minimum atomic E-state index is 0.429. The normalized spacial score (nSPS) is 11.8. The molecule has 0 amide bonds. The maximum Gasteiger partial charge on any atom is 0.155 e. The van der Waals surface area contributed by atoms with Crippen LogP contribution in [0.15, 0.2) is 41.3 Å². The Morgan fingerprint density at radius 3 is 2.09 bits per heavy atom. The predicted octanol–water partition coefficient (Wildman–Crippen LogP) is 6.94. The van der Waals surface area contributed by atoms with Gasteiger partial charge in [0.25, 0.3) is 0 Å². The van der Waals surface area contributed by atoms with Gasteiger partial charge in [-0.2, -0.15) is 0 Å². The molecule has 0 saturated heterocycles. The lowest BCUT2D eigenvalue weighted by atomic mass is 10.1. The van der Waals surface area contributed by atoms with Gasteiger partial charge in [-0.25, -0.2) is 0 Å². The number of fused-ring (bicyclic) bond motifs is 3.